The van der Waals surface area contributed by atoms with E-state index in [0.717, 1.165) is 17.8 Å². The Kier molecular flexibility index (Phi) is 7.99. The molecule has 2 N–H and O–H groups in total. The zero-order chi connectivity index (χ0) is 23.9. The zero-order valence-electron chi connectivity index (χ0n) is 18.7. The average Bonchev–Trinajstić information content (AvgIpc) is 3.51. The normalized spacial score (nSPS) is 15.0. The third kappa shape index (κ3) is 6.04. The van der Waals surface area contributed by atoms with Gasteiger partial charge < -0.3 is 25.2 Å². The molecule has 0 aliphatic carbocycles. The maximum atomic E-state index is 12.8. The number of carbonyl (C=O) groups is 2. The number of rotatable bonds is 11. The summed E-state index contributed by atoms with van der Waals surface area (Å²) in [7, 11) is 0. The second-order valence-corrected chi connectivity index (χ2v) is 9.26. The number of hydrogen-bond acceptors (Lipinski definition) is 9. The highest BCUT2D eigenvalue weighted by molar-refractivity contribution is 7.10. The Balaban J connectivity index is 1.35. The molecular formula is C23H27N6O4S-. The van der Waals surface area contributed by atoms with E-state index in [1.807, 2.05) is 34.5 Å². The summed E-state index contributed by atoms with van der Waals surface area (Å²) in [6.45, 7) is 1.87. The molecule has 1 unspecified atom stereocenters. The summed E-state index contributed by atoms with van der Waals surface area (Å²) in [6.07, 6.45) is 0.293. The number of nitrogens with one attached hydrogen (secondary N) is 1. The number of carboxylic acids is 1. The van der Waals surface area contributed by atoms with Gasteiger partial charge in [-0.3, -0.25) is 4.79 Å². The van der Waals surface area contributed by atoms with Gasteiger partial charge >= 0.3 is 0 Å². The lowest BCUT2D eigenvalue weighted by atomic mass is 9.99. The third-order valence-corrected chi connectivity index (χ3v) is 6.79. The number of amides is 1. The number of nitrogens with zero attached hydrogens (tertiary/aromatic N) is 5. The number of aliphatic hydroxyl groups is 1. The molecule has 34 heavy (non-hydrogen) atoms. The zero-order valence-corrected chi connectivity index (χ0v) is 19.5. The Morgan fingerprint density at radius 3 is 2.79 bits per heavy atom. The fourth-order valence-corrected chi connectivity index (χ4v) is 4.91. The fourth-order valence-electron chi connectivity index (χ4n) is 4.12. The van der Waals surface area contributed by atoms with Crippen LogP contribution in [0.15, 0.2) is 41.8 Å². The van der Waals surface area contributed by atoms with E-state index in [4.69, 9.17) is 0 Å². The number of benzene rings is 1. The molecule has 3 aromatic rings. The molecule has 0 saturated heterocycles. The van der Waals surface area contributed by atoms with Crippen LogP contribution in [0.2, 0.25) is 0 Å². The monoisotopic (exact) mass is 483 g/mol. The summed E-state index contributed by atoms with van der Waals surface area (Å²) in [5, 5.41) is 37.8. The van der Waals surface area contributed by atoms with Crippen molar-refractivity contribution in [3.05, 3.63) is 63.6 Å². The molecule has 4 rings (SSSR count). The first-order valence-electron chi connectivity index (χ1n) is 11.3. The van der Waals surface area contributed by atoms with E-state index in [1.165, 1.54) is 22.5 Å². The van der Waals surface area contributed by atoms with Gasteiger partial charge in [0, 0.05) is 49.9 Å². The number of aliphatic hydroxyl groups excluding tert-OH is 1. The lowest BCUT2D eigenvalue weighted by Crippen LogP contribution is -2.36. The molecule has 0 bridgehead atoms. The van der Waals surface area contributed by atoms with E-state index in [9.17, 15) is 19.8 Å². The van der Waals surface area contributed by atoms with Gasteiger partial charge in [-0.15, -0.1) is 16.4 Å². The van der Waals surface area contributed by atoms with Crippen molar-refractivity contribution in [3.63, 3.8) is 0 Å². The van der Waals surface area contributed by atoms with Gasteiger partial charge in [-0.2, -0.15) is 0 Å². The molecule has 0 spiro atoms. The van der Waals surface area contributed by atoms with E-state index in [2.05, 4.69) is 33.0 Å². The Morgan fingerprint density at radius 1 is 1.21 bits per heavy atom. The maximum Gasteiger partial charge on any atom is 0.222 e. The van der Waals surface area contributed by atoms with Gasteiger partial charge in [0.25, 0.3) is 0 Å². The number of tetrazole rings is 1. The van der Waals surface area contributed by atoms with Crippen molar-refractivity contribution in [1.82, 2.24) is 30.4 Å². The summed E-state index contributed by atoms with van der Waals surface area (Å²) >= 11 is 1.50. The van der Waals surface area contributed by atoms with Gasteiger partial charge in [-0.25, -0.2) is 4.68 Å². The van der Waals surface area contributed by atoms with Crippen LogP contribution in [0.3, 0.4) is 0 Å². The average molecular weight is 484 g/mol. The van der Waals surface area contributed by atoms with Crippen LogP contribution in [0.1, 0.15) is 47.1 Å². The molecule has 1 aromatic carbocycles. The molecule has 1 amide bonds. The first-order valence-corrected chi connectivity index (χ1v) is 12.1. The van der Waals surface area contributed by atoms with E-state index in [-0.39, 0.29) is 12.5 Å². The van der Waals surface area contributed by atoms with E-state index < -0.39 is 24.5 Å². The summed E-state index contributed by atoms with van der Waals surface area (Å²) in [5.74, 6) is -0.654. The second-order valence-electron chi connectivity index (χ2n) is 8.28. The summed E-state index contributed by atoms with van der Waals surface area (Å²) in [5.41, 5.74) is 2.51. The third-order valence-electron chi connectivity index (χ3n) is 5.85. The van der Waals surface area contributed by atoms with Crippen LogP contribution in [0.5, 0.6) is 0 Å². The van der Waals surface area contributed by atoms with Crippen LogP contribution in [0.4, 0.5) is 0 Å². The highest BCUT2D eigenvalue weighted by atomic mass is 32.1. The number of hydrogen-bond donors (Lipinski definition) is 2. The number of fused-ring (bicyclic) bond motifs is 1. The van der Waals surface area contributed by atoms with Crippen LogP contribution in [0, 0.1) is 0 Å². The van der Waals surface area contributed by atoms with Crippen LogP contribution in [-0.2, 0) is 29.1 Å². The van der Waals surface area contributed by atoms with E-state index in [0.29, 0.717) is 31.8 Å². The summed E-state index contributed by atoms with van der Waals surface area (Å²) < 4.78 is 1.65. The summed E-state index contributed by atoms with van der Waals surface area (Å²) in [6, 6.07) is 11.6. The fraction of sp³-hybridized carbons (Fsp3) is 0.435. The first kappa shape index (κ1) is 24.0. The number of aromatic nitrogens is 4. The Hall–Kier alpha value is -3.15. The molecule has 2 atom stereocenters. The molecule has 11 heteroatoms. The van der Waals surface area contributed by atoms with Gasteiger partial charge in [-0.05, 0) is 45.8 Å². The van der Waals surface area contributed by atoms with E-state index >= 15 is 0 Å². The predicted molar refractivity (Wildman–Crippen MR) is 122 cm³/mol. The standard InChI is InChI=1S/C23H28N6O4S/c30-18(13-21(32)33)14-24-22(19-7-4-12-34-19)23-25-26-27-29(23)10-3-8-20(31)28-11-9-16-5-1-2-6-17(16)15-28/h1-2,4-7,12,18,22,24,30H,3,8-11,13-15H2,(H,32,33)/p-1/t18?,22-/m1/s1. The lowest BCUT2D eigenvalue weighted by Gasteiger charge is -2.29. The predicted octanol–water partition coefficient (Wildman–Crippen LogP) is 0.280. The van der Waals surface area contributed by atoms with Crippen molar-refractivity contribution < 1.29 is 19.8 Å². The lowest BCUT2D eigenvalue weighted by molar-refractivity contribution is -0.307. The van der Waals surface area contributed by atoms with Crippen LogP contribution in [0.25, 0.3) is 0 Å². The maximum absolute atomic E-state index is 12.8. The van der Waals surface area contributed by atoms with Gasteiger partial charge in [0.15, 0.2) is 5.82 Å². The quantitative estimate of drug-likeness (QED) is 0.397. The van der Waals surface area contributed by atoms with Crippen molar-refractivity contribution >= 4 is 23.2 Å². The van der Waals surface area contributed by atoms with Gasteiger partial charge in [-0.1, -0.05) is 30.3 Å². The highest BCUT2D eigenvalue weighted by Crippen LogP contribution is 2.25. The summed E-state index contributed by atoms with van der Waals surface area (Å²) in [4.78, 5) is 26.4. The molecule has 180 valence electrons. The van der Waals surface area contributed by atoms with Gasteiger partial charge in [0.2, 0.25) is 5.91 Å². The molecule has 10 nitrogen and oxygen atoms in total. The minimum absolute atomic E-state index is 0.0400. The van der Waals surface area contributed by atoms with Crippen molar-refractivity contribution in [2.45, 2.75) is 50.9 Å². The molecule has 1 aliphatic rings. The molecule has 0 radical (unpaired) electrons. The largest absolute Gasteiger partial charge is 0.550 e. The van der Waals surface area contributed by atoms with Gasteiger partial charge in [0.05, 0.1) is 6.10 Å². The first-order chi connectivity index (χ1) is 16.5. The number of aliphatic carboxylic acids is 1. The van der Waals surface area contributed by atoms with Crippen LogP contribution < -0.4 is 10.4 Å². The number of carbonyl (C=O) groups excluding carboxylic acids is 2. The van der Waals surface area contributed by atoms with Crippen molar-refractivity contribution in [2.24, 2.45) is 0 Å². The molecular weight excluding hydrogens is 456 g/mol. The molecule has 1 aliphatic heterocycles. The minimum Gasteiger partial charge on any atom is -0.550 e. The van der Waals surface area contributed by atoms with E-state index in [1.54, 1.807) is 4.68 Å². The van der Waals surface area contributed by atoms with Crippen molar-refractivity contribution in [2.75, 3.05) is 13.1 Å². The topological polar surface area (TPSA) is 136 Å². The number of carboxylic acid groups (broad SMARTS) is 1. The van der Waals surface area contributed by atoms with Gasteiger partial charge in [0.1, 0.15) is 6.04 Å². The molecule has 0 fully saturated rings. The van der Waals surface area contributed by atoms with Crippen molar-refractivity contribution in [1.29, 1.82) is 0 Å². The Bertz CT molecular complexity index is 1100. The Labute approximate surface area is 201 Å². The number of thiophene rings is 1. The second kappa shape index (κ2) is 11.3. The molecule has 3 heterocycles. The van der Waals surface area contributed by atoms with Crippen LogP contribution in [-0.4, -0.2) is 61.3 Å². The molecule has 0 saturated carbocycles. The highest BCUT2D eigenvalue weighted by Gasteiger charge is 2.24. The minimum atomic E-state index is -1.31. The van der Waals surface area contributed by atoms with Crippen LogP contribution >= 0.6 is 11.3 Å². The molecule has 2 aromatic heterocycles. The van der Waals surface area contributed by atoms with Crippen molar-refractivity contribution in [3.8, 4) is 0 Å². The number of aryl methyl sites for hydroxylation is 1. The SMILES string of the molecule is O=C([O-])CC(O)CN[C@H](c1cccs1)c1nnnn1CCCC(=O)N1CCc2ccccc2C1. The smallest absolute Gasteiger partial charge is 0.222 e. The Morgan fingerprint density at radius 2 is 2.03 bits per heavy atom.